The summed E-state index contributed by atoms with van der Waals surface area (Å²) in [4.78, 5) is 0.0968. The van der Waals surface area contributed by atoms with Gasteiger partial charge in [-0.25, -0.2) is 0 Å². The zero-order chi connectivity index (χ0) is 19.4. The van der Waals surface area contributed by atoms with Crippen molar-refractivity contribution in [2.24, 2.45) is 0 Å². The molecule has 4 rings (SSSR count). The van der Waals surface area contributed by atoms with Crippen molar-refractivity contribution in [1.29, 1.82) is 0 Å². The van der Waals surface area contributed by atoms with Gasteiger partial charge in [-0.15, -0.1) is 5.75 Å². The van der Waals surface area contributed by atoms with Crippen molar-refractivity contribution in [3.05, 3.63) is 88.5 Å². The standard InChI is InChI=1S/C21H20O5S.3Na/c1-13-11-15(7-9-18(13)22)21(16-8-10-19(23)14(2)12-16)17-5-3-4-6-20(17)27(24,25)26-21;;;/h3-12,22-25H,1-2H3;;;/q;3*+1/p-3. The van der Waals surface area contributed by atoms with E-state index < -0.39 is 16.5 Å². The second kappa shape index (κ2) is 10.6. The maximum atomic E-state index is 12.8. The number of hydrogen-bond donors (Lipinski definition) is 1. The van der Waals surface area contributed by atoms with Crippen molar-refractivity contribution in [3.8, 4) is 11.5 Å². The third-order valence-corrected chi connectivity index (χ3v) is 6.32. The molecular weight excluding hydrogens is 433 g/mol. The Morgan fingerprint density at radius 1 is 0.833 bits per heavy atom. The first-order valence-electron chi connectivity index (χ1n) is 8.39. The number of rotatable bonds is 2. The predicted molar refractivity (Wildman–Crippen MR) is 98.3 cm³/mol. The second-order valence-corrected chi connectivity index (χ2v) is 8.21. The molecule has 1 heterocycles. The Bertz CT molecular complexity index is 1010. The van der Waals surface area contributed by atoms with Crippen molar-refractivity contribution in [3.63, 3.8) is 0 Å². The normalized spacial score (nSPS) is 19.5. The average Bonchev–Trinajstić information content (AvgIpc) is 2.89. The van der Waals surface area contributed by atoms with Gasteiger partial charge in [0.05, 0.1) is 0 Å². The zero-order valence-electron chi connectivity index (χ0n) is 17.8. The minimum Gasteiger partial charge on any atom is -0.872 e. The molecule has 0 aliphatic carbocycles. The Hall–Kier alpha value is 0.490. The summed E-state index contributed by atoms with van der Waals surface area (Å²) in [6.45, 7) is 3.41. The van der Waals surface area contributed by atoms with Crippen molar-refractivity contribution in [1.82, 2.24) is 0 Å². The largest absolute Gasteiger partial charge is 1.00 e. The summed E-state index contributed by atoms with van der Waals surface area (Å²) in [6.07, 6.45) is 0. The van der Waals surface area contributed by atoms with Crippen LogP contribution < -0.4 is 93.8 Å². The van der Waals surface area contributed by atoms with Gasteiger partial charge >= 0.3 is 88.7 Å². The van der Waals surface area contributed by atoms with Crippen LogP contribution in [0.1, 0.15) is 27.8 Å². The SMILES string of the molecule is Cc1cc(C2(c3ccc(O)c(C)c3)OS([O-])([O-])c3ccccc32)ccc1[O-].[Na+].[Na+].[Na+]. The Balaban J connectivity index is 0.00000150. The molecule has 0 bridgehead atoms. The zero-order valence-corrected chi connectivity index (χ0v) is 24.6. The summed E-state index contributed by atoms with van der Waals surface area (Å²) >= 11 is 0. The topological polar surface area (TPSA) is 98.6 Å². The quantitative estimate of drug-likeness (QED) is 0.394. The molecule has 0 fully saturated rings. The van der Waals surface area contributed by atoms with Gasteiger partial charge in [0.25, 0.3) is 0 Å². The molecule has 0 radical (unpaired) electrons. The Labute approximate surface area is 244 Å². The fourth-order valence-electron chi connectivity index (χ4n) is 3.55. The molecule has 0 aromatic heterocycles. The molecule has 0 saturated carbocycles. The molecule has 0 saturated heterocycles. The van der Waals surface area contributed by atoms with Crippen LogP contribution in [0.2, 0.25) is 0 Å². The van der Waals surface area contributed by atoms with Gasteiger partial charge in [-0.1, -0.05) is 48.0 Å². The van der Waals surface area contributed by atoms with E-state index in [0.717, 1.165) is 0 Å². The monoisotopic (exact) mass is 450 g/mol. The van der Waals surface area contributed by atoms with Gasteiger partial charge in [0.1, 0.15) is 5.75 Å². The van der Waals surface area contributed by atoms with Crippen molar-refractivity contribution < 1.29 is 112 Å². The van der Waals surface area contributed by atoms with Gasteiger partial charge in [0.2, 0.25) is 0 Å². The summed E-state index contributed by atoms with van der Waals surface area (Å²) in [7, 11) is -4.00. The molecule has 0 spiro atoms. The molecule has 30 heavy (non-hydrogen) atoms. The first-order chi connectivity index (χ1) is 12.8. The van der Waals surface area contributed by atoms with E-state index in [1.807, 2.05) is 0 Å². The summed E-state index contributed by atoms with van der Waals surface area (Å²) in [5, 5.41) is 21.8. The fourth-order valence-corrected chi connectivity index (χ4v) is 4.97. The van der Waals surface area contributed by atoms with Crippen LogP contribution in [0.15, 0.2) is 65.6 Å². The number of phenolic OH excluding ortho intramolecular Hbond substituents is 1. The minimum atomic E-state index is -4.00. The Morgan fingerprint density at radius 3 is 2.00 bits per heavy atom. The molecule has 140 valence electrons. The van der Waals surface area contributed by atoms with Crippen LogP contribution in [-0.2, 0) is 9.78 Å². The van der Waals surface area contributed by atoms with Gasteiger partial charge < -0.3 is 23.5 Å². The number of fused-ring (bicyclic) bond motifs is 1. The van der Waals surface area contributed by atoms with Crippen LogP contribution in [0.4, 0.5) is 0 Å². The van der Waals surface area contributed by atoms with Crippen molar-refractivity contribution in [2.75, 3.05) is 0 Å². The van der Waals surface area contributed by atoms with Crippen LogP contribution in [0.3, 0.4) is 0 Å². The van der Waals surface area contributed by atoms with Crippen LogP contribution in [0, 0.1) is 13.8 Å². The molecule has 1 aliphatic rings. The van der Waals surface area contributed by atoms with Gasteiger partial charge in [0, 0.05) is 5.56 Å². The average molecular weight is 450 g/mol. The van der Waals surface area contributed by atoms with Crippen LogP contribution in [-0.4, -0.2) is 14.2 Å². The fraction of sp³-hybridized carbons (Fsp3) is 0.143. The number of benzene rings is 3. The third-order valence-electron chi connectivity index (χ3n) is 4.96. The van der Waals surface area contributed by atoms with Crippen LogP contribution >= 0.6 is 10.9 Å². The van der Waals surface area contributed by atoms with E-state index in [1.165, 1.54) is 18.2 Å². The first-order valence-corrected chi connectivity index (χ1v) is 9.80. The number of phenols is 1. The van der Waals surface area contributed by atoms with Gasteiger partial charge in [-0.2, -0.15) is 0 Å². The van der Waals surface area contributed by atoms with Crippen LogP contribution in [0.5, 0.6) is 11.5 Å². The molecule has 1 N–H and O–H groups in total. The van der Waals surface area contributed by atoms with E-state index in [2.05, 4.69) is 0 Å². The second-order valence-electron chi connectivity index (χ2n) is 6.70. The molecule has 3 aromatic carbocycles. The molecule has 0 amide bonds. The molecule has 3 aromatic rings. The summed E-state index contributed by atoms with van der Waals surface area (Å²) < 4.78 is 31.3. The smallest absolute Gasteiger partial charge is 0.872 e. The number of aryl methyl sites for hydroxylation is 2. The summed E-state index contributed by atoms with van der Waals surface area (Å²) in [6, 6.07) is 16.1. The van der Waals surface area contributed by atoms with E-state index in [4.69, 9.17) is 4.18 Å². The van der Waals surface area contributed by atoms with Gasteiger partial charge in [-0.05, 0) is 53.6 Å². The molecular formula is C21H17Na3O5S. The van der Waals surface area contributed by atoms with Crippen molar-refractivity contribution in [2.45, 2.75) is 24.3 Å². The van der Waals surface area contributed by atoms with E-state index >= 15 is 0 Å². The maximum absolute atomic E-state index is 12.8. The summed E-state index contributed by atoms with van der Waals surface area (Å²) in [5.41, 5.74) is 1.24. The first kappa shape index (κ1) is 28.5. The minimum absolute atomic E-state index is 0. The van der Waals surface area contributed by atoms with E-state index in [1.54, 1.807) is 56.3 Å². The van der Waals surface area contributed by atoms with Gasteiger partial charge in [0.15, 0.2) is 5.60 Å². The molecule has 9 heteroatoms. The van der Waals surface area contributed by atoms with E-state index in [-0.39, 0.29) is 105 Å². The predicted octanol–water partition coefficient (Wildman–Crippen LogP) is -5.24. The van der Waals surface area contributed by atoms with Crippen molar-refractivity contribution >= 4 is 10.9 Å². The van der Waals surface area contributed by atoms with E-state index in [0.29, 0.717) is 27.8 Å². The van der Waals surface area contributed by atoms with Crippen LogP contribution in [0.25, 0.3) is 0 Å². The Morgan fingerprint density at radius 2 is 1.40 bits per heavy atom. The third kappa shape index (κ3) is 4.73. The Kier molecular flexibility index (Phi) is 10.1. The molecule has 5 nitrogen and oxygen atoms in total. The van der Waals surface area contributed by atoms with E-state index in [9.17, 15) is 19.3 Å². The van der Waals surface area contributed by atoms with Gasteiger partial charge in [-0.3, -0.25) is 10.9 Å². The summed E-state index contributed by atoms with van der Waals surface area (Å²) in [5.74, 6) is -0.0287. The molecule has 1 aliphatic heterocycles. The molecule has 1 atom stereocenters. The maximum Gasteiger partial charge on any atom is 1.00 e. The molecule has 1 unspecified atom stereocenters. The number of aromatic hydroxyl groups is 1. The number of hydrogen-bond acceptors (Lipinski definition) is 5.